The number of amides is 4. The minimum Gasteiger partial charge on any atom is -0.490 e. The number of hydrogen-bond donors (Lipinski definition) is 4. The molecule has 12 nitrogen and oxygen atoms in total. The lowest BCUT2D eigenvalue weighted by molar-refractivity contribution is -0.145. The van der Waals surface area contributed by atoms with Crippen molar-refractivity contribution in [1.82, 2.24) is 21.3 Å². The highest BCUT2D eigenvalue weighted by molar-refractivity contribution is 5.93. The lowest BCUT2D eigenvalue weighted by atomic mass is 10.0. The Bertz CT molecular complexity index is 1080. The van der Waals surface area contributed by atoms with Gasteiger partial charge in [-0.15, -0.1) is 0 Å². The highest BCUT2D eigenvalue weighted by Gasteiger charge is 2.29. The smallest absolute Gasteiger partial charge is 0.407 e. The van der Waals surface area contributed by atoms with Crippen LogP contribution in [0.3, 0.4) is 0 Å². The fourth-order valence-corrected chi connectivity index (χ4v) is 4.00. The molecule has 3 rings (SSSR count). The summed E-state index contributed by atoms with van der Waals surface area (Å²) in [5, 5.41) is 10.7. The van der Waals surface area contributed by atoms with Crippen molar-refractivity contribution in [3.63, 3.8) is 0 Å². The van der Waals surface area contributed by atoms with E-state index in [1.165, 1.54) is 14.0 Å². The first-order chi connectivity index (χ1) is 19.4. The van der Waals surface area contributed by atoms with Crippen LogP contribution in [0, 0.1) is 0 Å². The lowest BCUT2D eigenvalue weighted by Crippen LogP contribution is -2.56. The molecule has 1 aromatic rings. The zero-order valence-corrected chi connectivity index (χ0v) is 24.4. The van der Waals surface area contributed by atoms with Gasteiger partial charge in [0.15, 0.2) is 0 Å². The number of benzene rings is 1. The van der Waals surface area contributed by atoms with Gasteiger partial charge >= 0.3 is 12.1 Å². The molecule has 2 aliphatic heterocycles. The van der Waals surface area contributed by atoms with Gasteiger partial charge in [-0.3, -0.25) is 14.4 Å². The second kappa shape index (κ2) is 16.2. The Hall–Kier alpha value is -4.09. The van der Waals surface area contributed by atoms with Gasteiger partial charge in [0.25, 0.3) is 0 Å². The number of nitrogens with one attached hydrogen (secondary N) is 4. The average Bonchev–Trinajstić information content (AvgIpc) is 2.89. The molecule has 0 unspecified atom stereocenters. The zero-order chi connectivity index (χ0) is 30.4. The molecule has 1 aromatic carbocycles. The van der Waals surface area contributed by atoms with E-state index in [0.29, 0.717) is 25.1 Å². The predicted molar refractivity (Wildman–Crippen MR) is 151 cm³/mol. The summed E-state index contributed by atoms with van der Waals surface area (Å²) in [5.41, 5.74) is 0.159. The predicted octanol–water partition coefficient (Wildman–Crippen LogP) is 1.91. The highest BCUT2D eigenvalue weighted by atomic mass is 16.6. The van der Waals surface area contributed by atoms with E-state index in [-0.39, 0.29) is 25.9 Å². The monoisotopic (exact) mass is 574 g/mol. The fraction of sp³-hybridized carbons (Fsp3) is 0.552. The Balaban J connectivity index is 2.22. The van der Waals surface area contributed by atoms with Gasteiger partial charge in [0, 0.05) is 19.9 Å². The van der Waals surface area contributed by atoms with Gasteiger partial charge in [-0.1, -0.05) is 24.3 Å². The third kappa shape index (κ3) is 12.7. The fourth-order valence-electron chi connectivity index (χ4n) is 4.00. The SMILES string of the molecule is COC(=O)[C@@H]1CC=CCOc2ccc(cc2)C[C@H](NC(C)=O)C(=O)N[C@H](CCCCNC(=O)OC(C)(C)C)C(=O)N1. The van der Waals surface area contributed by atoms with Crippen LogP contribution in [0.5, 0.6) is 5.75 Å². The van der Waals surface area contributed by atoms with Gasteiger partial charge < -0.3 is 35.5 Å². The molecule has 3 atom stereocenters. The first kappa shape index (κ1) is 33.1. The third-order valence-electron chi connectivity index (χ3n) is 5.96. The normalized spacial score (nSPS) is 20.1. The van der Waals surface area contributed by atoms with Crippen LogP contribution in [-0.4, -0.2) is 73.8 Å². The molecule has 12 heteroatoms. The Morgan fingerprint density at radius 1 is 1.02 bits per heavy atom. The van der Waals surface area contributed by atoms with Crippen molar-refractivity contribution >= 4 is 29.8 Å². The first-order valence-electron chi connectivity index (χ1n) is 13.7. The zero-order valence-electron chi connectivity index (χ0n) is 24.4. The number of methoxy groups -OCH3 is 1. The Morgan fingerprint density at radius 2 is 1.73 bits per heavy atom. The standard InChI is InChI=1S/C29H42N4O8/c1-19(34)31-24-18-20-12-14-21(15-13-20)40-17-9-7-11-23(27(37)39-5)33-25(35)22(32-26(24)36)10-6-8-16-30-28(38)41-29(2,3)4/h7,9,12-15,22-24H,6,8,10-11,16-18H2,1-5H3,(H,30,38)(H,31,34)(H,32,36)(H,33,35)/t22-,23+,24+/m1/s1. The summed E-state index contributed by atoms with van der Waals surface area (Å²) < 4.78 is 15.8. The Morgan fingerprint density at radius 3 is 2.37 bits per heavy atom. The number of hydrogen-bond acceptors (Lipinski definition) is 8. The van der Waals surface area contributed by atoms with Crippen LogP contribution in [0.1, 0.15) is 58.9 Å². The number of carbonyl (C=O) groups excluding carboxylic acids is 5. The summed E-state index contributed by atoms with van der Waals surface area (Å²) in [5.74, 6) is -1.55. The molecule has 4 N–H and O–H groups in total. The molecule has 0 aromatic heterocycles. The topological polar surface area (TPSA) is 161 Å². The van der Waals surface area contributed by atoms with E-state index in [1.807, 2.05) is 0 Å². The van der Waals surface area contributed by atoms with Gasteiger partial charge in [-0.05, 0) is 64.2 Å². The molecule has 0 aliphatic carbocycles. The molecule has 2 heterocycles. The van der Waals surface area contributed by atoms with Crippen molar-refractivity contribution in [3.05, 3.63) is 42.0 Å². The Labute approximate surface area is 240 Å². The van der Waals surface area contributed by atoms with Gasteiger partial charge in [-0.2, -0.15) is 0 Å². The number of fused-ring (bicyclic) bond motifs is 13. The van der Waals surface area contributed by atoms with Crippen molar-refractivity contribution in [2.45, 2.75) is 83.5 Å². The van der Waals surface area contributed by atoms with Gasteiger partial charge in [-0.25, -0.2) is 9.59 Å². The van der Waals surface area contributed by atoms with E-state index < -0.39 is 53.5 Å². The van der Waals surface area contributed by atoms with Crippen molar-refractivity contribution in [1.29, 1.82) is 0 Å². The van der Waals surface area contributed by atoms with E-state index in [1.54, 1.807) is 57.2 Å². The first-order valence-corrected chi connectivity index (χ1v) is 13.7. The molecular formula is C29H42N4O8. The van der Waals surface area contributed by atoms with E-state index in [0.717, 1.165) is 5.56 Å². The van der Waals surface area contributed by atoms with E-state index in [4.69, 9.17) is 14.2 Å². The van der Waals surface area contributed by atoms with E-state index in [9.17, 15) is 24.0 Å². The van der Waals surface area contributed by atoms with Gasteiger partial charge in [0.1, 0.15) is 36.1 Å². The van der Waals surface area contributed by atoms with Crippen LogP contribution in [0.4, 0.5) is 4.79 Å². The molecular weight excluding hydrogens is 532 g/mol. The van der Waals surface area contributed by atoms with Crippen LogP contribution >= 0.6 is 0 Å². The summed E-state index contributed by atoms with van der Waals surface area (Å²) >= 11 is 0. The van der Waals surface area contributed by atoms with Crippen LogP contribution in [-0.2, 0) is 35.1 Å². The summed E-state index contributed by atoms with van der Waals surface area (Å²) in [6, 6.07) is 4.18. The molecule has 41 heavy (non-hydrogen) atoms. The summed E-state index contributed by atoms with van der Waals surface area (Å²) in [6.45, 7) is 7.15. The molecule has 0 saturated carbocycles. The molecule has 0 fully saturated rings. The van der Waals surface area contributed by atoms with Crippen molar-refractivity contribution in [3.8, 4) is 5.75 Å². The maximum Gasteiger partial charge on any atom is 0.407 e. The van der Waals surface area contributed by atoms with Crippen LogP contribution < -0.4 is 26.0 Å². The third-order valence-corrected chi connectivity index (χ3v) is 5.96. The molecule has 226 valence electrons. The molecule has 0 saturated heterocycles. The number of ether oxygens (including phenoxy) is 3. The second-order valence-corrected chi connectivity index (χ2v) is 10.7. The van der Waals surface area contributed by atoms with E-state index in [2.05, 4.69) is 21.3 Å². The maximum atomic E-state index is 13.3. The maximum absolute atomic E-state index is 13.3. The van der Waals surface area contributed by atoms with Gasteiger partial charge in [0.2, 0.25) is 17.7 Å². The summed E-state index contributed by atoms with van der Waals surface area (Å²) in [6.07, 6.45) is 4.40. The molecule has 4 amide bonds. The largest absolute Gasteiger partial charge is 0.490 e. The second-order valence-electron chi connectivity index (χ2n) is 10.7. The van der Waals surface area contributed by atoms with Crippen LogP contribution in [0.25, 0.3) is 0 Å². The number of rotatable bonds is 7. The summed E-state index contributed by atoms with van der Waals surface area (Å²) in [7, 11) is 1.22. The van der Waals surface area contributed by atoms with Crippen LogP contribution in [0.2, 0.25) is 0 Å². The van der Waals surface area contributed by atoms with Crippen LogP contribution in [0.15, 0.2) is 36.4 Å². The lowest BCUT2D eigenvalue weighted by Gasteiger charge is -2.25. The van der Waals surface area contributed by atoms with Gasteiger partial charge in [0.05, 0.1) is 7.11 Å². The number of esters is 1. The van der Waals surface area contributed by atoms with E-state index >= 15 is 0 Å². The molecule has 0 radical (unpaired) electrons. The minimum atomic E-state index is -1.02. The molecule has 2 aliphatic rings. The number of unbranched alkanes of at least 4 members (excludes halogenated alkanes) is 1. The Kier molecular flexibility index (Phi) is 13.1. The molecule has 2 bridgehead atoms. The number of alkyl carbamates (subject to hydrolysis) is 1. The van der Waals surface area contributed by atoms with Crippen molar-refractivity contribution < 1.29 is 38.2 Å². The minimum absolute atomic E-state index is 0.149. The summed E-state index contributed by atoms with van der Waals surface area (Å²) in [4.78, 5) is 62.9. The van der Waals surface area contributed by atoms with Crippen molar-refractivity contribution in [2.24, 2.45) is 0 Å². The molecule has 0 spiro atoms. The number of carbonyl (C=O) groups is 5. The average molecular weight is 575 g/mol. The quantitative estimate of drug-likeness (QED) is 0.218. The van der Waals surface area contributed by atoms with Crippen molar-refractivity contribution in [2.75, 3.05) is 20.3 Å². The highest BCUT2D eigenvalue weighted by Crippen LogP contribution is 2.15.